The van der Waals surface area contributed by atoms with Crippen molar-refractivity contribution in [2.24, 2.45) is 11.8 Å². The lowest BCUT2D eigenvalue weighted by atomic mass is 9.75. The number of hydrogen-bond donors (Lipinski definition) is 0. The van der Waals surface area contributed by atoms with Crippen molar-refractivity contribution in [3.05, 3.63) is 29.3 Å². The third kappa shape index (κ3) is 3.88. The van der Waals surface area contributed by atoms with Gasteiger partial charge in [-0.25, -0.2) is 0 Å². The van der Waals surface area contributed by atoms with E-state index in [1.807, 2.05) is 17.0 Å². The zero-order chi connectivity index (χ0) is 17.9. The molecule has 1 aromatic heterocycles. The Bertz CT molecular complexity index is 782. The minimum Gasteiger partial charge on any atom is -0.342 e. The highest BCUT2D eigenvalue weighted by Gasteiger charge is 2.32. The molecule has 1 saturated heterocycles. The first-order chi connectivity index (χ1) is 12.7. The van der Waals surface area contributed by atoms with Gasteiger partial charge in [-0.3, -0.25) is 4.79 Å². The monoisotopic (exact) mass is 391 g/mol. The van der Waals surface area contributed by atoms with Crippen LogP contribution >= 0.6 is 23.4 Å². The molecule has 0 radical (unpaired) electrons. The summed E-state index contributed by atoms with van der Waals surface area (Å²) in [7, 11) is 0. The van der Waals surface area contributed by atoms with Crippen LogP contribution in [0.15, 0.2) is 29.4 Å². The van der Waals surface area contributed by atoms with Crippen LogP contribution in [-0.4, -0.2) is 49.9 Å². The van der Waals surface area contributed by atoms with Gasteiger partial charge in [0, 0.05) is 18.1 Å². The maximum absolute atomic E-state index is 12.7. The molecular weight excluding hydrogens is 370 g/mol. The van der Waals surface area contributed by atoms with E-state index >= 15 is 0 Å². The number of tetrazole rings is 1. The number of fused-ring (bicyclic) bond motifs is 1. The standard InChI is InChI=1S/C18H22ClN5OS/c19-15-6-3-7-16(10-15)24-18(20-21-22-24)26-12-17(25)23-9-8-13-4-1-2-5-14(13)11-23/h3,6-7,10,13-14H,1-2,4-5,8-9,11-12H2/t13-,14-/m0/s1. The van der Waals surface area contributed by atoms with E-state index in [1.54, 1.807) is 16.8 Å². The number of carbonyl (C=O) groups excluding carboxylic acids is 1. The smallest absolute Gasteiger partial charge is 0.233 e. The van der Waals surface area contributed by atoms with Crippen LogP contribution in [0.3, 0.4) is 0 Å². The molecule has 0 bridgehead atoms. The van der Waals surface area contributed by atoms with Gasteiger partial charge in [0.2, 0.25) is 11.1 Å². The summed E-state index contributed by atoms with van der Waals surface area (Å²) in [6, 6.07) is 7.35. The van der Waals surface area contributed by atoms with E-state index in [0.29, 0.717) is 21.8 Å². The molecule has 4 rings (SSSR count). The molecule has 26 heavy (non-hydrogen) atoms. The number of rotatable bonds is 4. The van der Waals surface area contributed by atoms with Gasteiger partial charge in [0.25, 0.3) is 0 Å². The molecule has 2 fully saturated rings. The van der Waals surface area contributed by atoms with Crippen LogP contribution in [0.5, 0.6) is 0 Å². The van der Waals surface area contributed by atoms with E-state index < -0.39 is 0 Å². The fourth-order valence-electron chi connectivity index (χ4n) is 4.08. The molecule has 1 amide bonds. The quantitative estimate of drug-likeness (QED) is 0.747. The number of amides is 1. The summed E-state index contributed by atoms with van der Waals surface area (Å²) < 4.78 is 1.62. The molecule has 2 aromatic rings. The molecule has 2 aliphatic rings. The second-order valence-corrected chi connectivity index (χ2v) is 8.45. The lowest BCUT2D eigenvalue weighted by Crippen LogP contribution is -2.45. The van der Waals surface area contributed by atoms with Crippen LogP contribution in [-0.2, 0) is 4.79 Å². The van der Waals surface area contributed by atoms with E-state index in [2.05, 4.69) is 15.5 Å². The number of halogens is 1. The first-order valence-corrected chi connectivity index (χ1v) is 10.5. The molecule has 2 heterocycles. The van der Waals surface area contributed by atoms with Crippen molar-refractivity contribution < 1.29 is 4.79 Å². The third-order valence-electron chi connectivity index (χ3n) is 5.46. The fraction of sp³-hybridized carbons (Fsp3) is 0.556. The van der Waals surface area contributed by atoms with Crippen molar-refractivity contribution in [3.8, 4) is 5.69 Å². The number of thioether (sulfide) groups is 1. The molecule has 6 nitrogen and oxygen atoms in total. The van der Waals surface area contributed by atoms with Crippen LogP contribution in [0.4, 0.5) is 0 Å². The van der Waals surface area contributed by atoms with Gasteiger partial charge in [-0.2, -0.15) is 4.68 Å². The zero-order valence-electron chi connectivity index (χ0n) is 14.6. The van der Waals surface area contributed by atoms with Gasteiger partial charge in [0.05, 0.1) is 11.4 Å². The van der Waals surface area contributed by atoms with Gasteiger partial charge in [0.1, 0.15) is 0 Å². The second kappa shape index (κ2) is 7.96. The molecular formula is C18H22ClN5OS. The number of aromatic nitrogens is 4. The van der Waals surface area contributed by atoms with Gasteiger partial charge in [-0.05, 0) is 53.3 Å². The van der Waals surface area contributed by atoms with Crippen LogP contribution in [0.25, 0.3) is 5.69 Å². The molecule has 1 aromatic carbocycles. The topological polar surface area (TPSA) is 63.9 Å². The first-order valence-electron chi connectivity index (χ1n) is 9.15. The first kappa shape index (κ1) is 17.8. The molecule has 0 spiro atoms. The lowest BCUT2D eigenvalue weighted by molar-refractivity contribution is -0.131. The molecule has 1 saturated carbocycles. The van der Waals surface area contributed by atoms with Crippen molar-refractivity contribution in [1.29, 1.82) is 0 Å². The summed E-state index contributed by atoms with van der Waals surface area (Å²) in [6.07, 6.45) is 6.44. The summed E-state index contributed by atoms with van der Waals surface area (Å²) in [5, 5.41) is 13.1. The lowest BCUT2D eigenvalue weighted by Gasteiger charge is -2.41. The molecule has 1 aliphatic heterocycles. The molecule has 1 aliphatic carbocycles. The normalized spacial score (nSPS) is 22.9. The summed E-state index contributed by atoms with van der Waals surface area (Å²) >= 11 is 7.43. The van der Waals surface area contributed by atoms with Crippen molar-refractivity contribution in [1.82, 2.24) is 25.1 Å². The molecule has 0 N–H and O–H groups in total. The number of piperidine rings is 1. The highest BCUT2D eigenvalue weighted by atomic mass is 35.5. The summed E-state index contributed by atoms with van der Waals surface area (Å²) in [5.41, 5.74) is 0.792. The Morgan fingerprint density at radius 1 is 1.23 bits per heavy atom. The predicted molar refractivity (Wildman–Crippen MR) is 102 cm³/mol. The number of likely N-dealkylation sites (tertiary alicyclic amines) is 1. The number of hydrogen-bond acceptors (Lipinski definition) is 5. The third-order valence-corrected chi connectivity index (χ3v) is 6.60. The van der Waals surface area contributed by atoms with Crippen molar-refractivity contribution in [3.63, 3.8) is 0 Å². The second-order valence-electron chi connectivity index (χ2n) is 7.07. The van der Waals surface area contributed by atoms with Gasteiger partial charge >= 0.3 is 0 Å². The Morgan fingerprint density at radius 2 is 2.08 bits per heavy atom. The Morgan fingerprint density at radius 3 is 2.92 bits per heavy atom. The zero-order valence-corrected chi connectivity index (χ0v) is 16.1. The Kier molecular flexibility index (Phi) is 5.45. The average molecular weight is 392 g/mol. The largest absolute Gasteiger partial charge is 0.342 e. The van der Waals surface area contributed by atoms with E-state index in [1.165, 1.54) is 37.4 Å². The van der Waals surface area contributed by atoms with Crippen LogP contribution < -0.4 is 0 Å². The Balaban J connectivity index is 1.37. The van der Waals surface area contributed by atoms with Gasteiger partial charge < -0.3 is 4.90 Å². The van der Waals surface area contributed by atoms with Gasteiger partial charge in [-0.1, -0.05) is 48.7 Å². The molecule has 0 unspecified atom stereocenters. The SMILES string of the molecule is O=C(CSc1nnnn1-c1cccc(Cl)c1)N1CC[C@@H]2CCCC[C@H]2C1. The average Bonchev–Trinajstić information content (AvgIpc) is 3.14. The fourth-order valence-corrected chi connectivity index (χ4v) is 5.06. The number of carbonyl (C=O) groups is 1. The Labute approximate surface area is 162 Å². The molecule has 8 heteroatoms. The molecule has 138 valence electrons. The number of benzene rings is 1. The highest BCUT2D eigenvalue weighted by molar-refractivity contribution is 7.99. The van der Waals surface area contributed by atoms with Crippen molar-refractivity contribution in [2.75, 3.05) is 18.8 Å². The minimum absolute atomic E-state index is 0.180. The maximum atomic E-state index is 12.7. The van der Waals surface area contributed by atoms with Gasteiger partial charge in [0.15, 0.2) is 0 Å². The summed E-state index contributed by atoms with van der Waals surface area (Å²) in [5.74, 6) is 2.07. The van der Waals surface area contributed by atoms with Gasteiger partial charge in [-0.15, -0.1) is 5.10 Å². The minimum atomic E-state index is 0.180. The number of nitrogens with zero attached hydrogens (tertiary/aromatic N) is 5. The van der Waals surface area contributed by atoms with E-state index in [9.17, 15) is 4.79 Å². The van der Waals surface area contributed by atoms with Crippen LogP contribution in [0.1, 0.15) is 32.1 Å². The molecule has 2 atom stereocenters. The van der Waals surface area contributed by atoms with Crippen molar-refractivity contribution >= 4 is 29.3 Å². The summed E-state index contributed by atoms with van der Waals surface area (Å²) in [4.78, 5) is 14.7. The van der Waals surface area contributed by atoms with Crippen LogP contribution in [0, 0.1) is 11.8 Å². The van der Waals surface area contributed by atoms with E-state index in [4.69, 9.17) is 11.6 Å². The van der Waals surface area contributed by atoms with E-state index in [0.717, 1.165) is 31.1 Å². The van der Waals surface area contributed by atoms with Crippen molar-refractivity contribution in [2.45, 2.75) is 37.3 Å². The maximum Gasteiger partial charge on any atom is 0.233 e. The summed E-state index contributed by atoms with van der Waals surface area (Å²) in [6.45, 7) is 1.81. The predicted octanol–water partition coefficient (Wildman–Crippen LogP) is 3.45. The van der Waals surface area contributed by atoms with E-state index in [-0.39, 0.29) is 5.91 Å². The Hall–Kier alpha value is -1.60. The van der Waals surface area contributed by atoms with Crippen LogP contribution in [0.2, 0.25) is 5.02 Å². The highest BCUT2D eigenvalue weighted by Crippen LogP contribution is 2.36.